The first-order valence-corrected chi connectivity index (χ1v) is 16.3. The van der Waals surface area contributed by atoms with E-state index >= 15 is 0 Å². The zero-order chi connectivity index (χ0) is 27.0. The van der Waals surface area contributed by atoms with Crippen molar-refractivity contribution in [2.24, 2.45) is 7.05 Å². The number of nitrogens with zero attached hydrogens (tertiary/aromatic N) is 3. The van der Waals surface area contributed by atoms with E-state index in [9.17, 15) is 0 Å². The quantitative estimate of drug-likeness (QED) is 0.202. The summed E-state index contributed by atoms with van der Waals surface area (Å²) in [6, 6.07) is 29.6. The summed E-state index contributed by atoms with van der Waals surface area (Å²) in [5, 5.41) is 4.27. The van der Waals surface area contributed by atoms with Gasteiger partial charge in [0.25, 0.3) is 0 Å². The van der Waals surface area contributed by atoms with Crippen LogP contribution in [0.4, 0.5) is 17.1 Å². The Morgan fingerprint density at radius 2 is 1.70 bits per heavy atom. The van der Waals surface area contributed by atoms with Gasteiger partial charge in [-0.15, -0.1) is 0 Å². The van der Waals surface area contributed by atoms with Gasteiger partial charge in [-0.3, -0.25) is 0 Å². The molecular formula is C35H31N3OP+. The van der Waals surface area contributed by atoms with Gasteiger partial charge in [-0.05, 0) is 0 Å². The van der Waals surface area contributed by atoms with Crippen LogP contribution < -0.4 is 19.8 Å². The van der Waals surface area contributed by atoms with E-state index in [1.165, 1.54) is 66.7 Å². The predicted octanol–water partition coefficient (Wildman–Crippen LogP) is 7.46. The van der Waals surface area contributed by atoms with Crippen LogP contribution in [0, 0.1) is 0 Å². The number of benzene rings is 4. The van der Waals surface area contributed by atoms with Crippen LogP contribution in [0.1, 0.15) is 31.9 Å². The molecule has 0 N–H and O–H groups in total. The molecule has 6 aromatic rings. The molecule has 9 rings (SSSR count). The maximum absolute atomic E-state index is 6.32. The van der Waals surface area contributed by atoms with Crippen molar-refractivity contribution in [1.82, 2.24) is 4.57 Å². The molecule has 3 aliphatic heterocycles. The van der Waals surface area contributed by atoms with Crippen molar-refractivity contribution >= 4 is 46.1 Å². The van der Waals surface area contributed by atoms with Gasteiger partial charge in [0.05, 0.1) is 0 Å². The van der Waals surface area contributed by atoms with Crippen molar-refractivity contribution in [3.8, 4) is 22.5 Å². The first-order chi connectivity index (χ1) is 19.4. The van der Waals surface area contributed by atoms with Gasteiger partial charge in [0.1, 0.15) is 0 Å². The number of aryl methyl sites for hydroxylation is 1. The third kappa shape index (κ3) is 2.59. The Kier molecular flexibility index (Phi) is 4.15. The third-order valence-corrected chi connectivity index (χ3v) is 14.2. The number of hydrogen-bond donors (Lipinski definition) is 0. The summed E-state index contributed by atoms with van der Waals surface area (Å²) in [6.07, 6.45) is 7.59. The summed E-state index contributed by atoms with van der Waals surface area (Å²) >= 11 is 0. The molecule has 0 saturated carbocycles. The fourth-order valence-electron chi connectivity index (χ4n) is 7.70. The van der Waals surface area contributed by atoms with Gasteiger partial charge >= 0.3 is 235 Å². The van der Waals surface area contributed by atoms with Gasteiger partial charge in [-0.2, -0.15) is 0 Å². The number of imidazole rings is 1. The fourth-order valence-corrected chi connectivity index (χ4v) is 13.1. The van der Waals surface area contributed by atoms with Crippen LogP contribution in [0.25, 0.3) is 33.5 Å². The second kappa shape index (κ2) is 7.33. The van der Waals surface area contributed by atoms with Crippen LogP contribution >= 0.6 is 7.41 Å². The molecule has 0 unspecified atom stereocenters. The zero-order valence-corrected chi connectivity index (χ0v) is 24.2. The molecule has 0 saturated heterocycles. The van der Waals surface area contributed by atoms with E-state index in [1.807, 2.05) is 6.26 Å². The SMILES string of the molecule is Cn1cc[n+]2c1-c1ccc3occ4c3c1[PH]21Cc2c-4cccc2N(c2ccccc2)c2cc(C(C)(C)C)ccc21. The zero-order valence-electron chi connectivity index (χ0n) is 23.2. The van der Waals surface area contributed by atoms with Crippen LogP contribution in [-0.2, 0) is 18.6 Å². The molecule has 2 bridgehead atoms. The predicted molar refractivity (Wildman–Crippen MR) is 166 cm³/mol. The van der Waals surface area contributed by atoms with Crippen molar-refractivity contribution in [2.75, 3.05) is 4.90 Å². The molecule has 5 heterocycles. The molecule has 1 spiro atoms. The van der Waals surface area contributed by atoms with E-state index in [0.29, 0.717) is 0 Å². The molecule has 196 valence electrons. The van der Waals surface area contributed by atoms with E-state index < -0.39 is 7.41 Å². The molecule has 4 nitrogen and oxygen atoms in total. The number of furan rings is 1. The number of para-hydroxylation sites is 1. The molecule has 0 amide bonds. The molecule has 0 aliphatic carbocycles. The topological polar surface area (TPSA) is 25.2 Å². The van der Waals surface area contributed by atoms with E-state index in [0.717, 1.165) is 11.7 Å². The van der Waals surface area contributed by atoms with Crippen LogP contribution in [0.15, 0.2) is 102 Å². The van der Waals surface area contributed by atoms with E-state index in [-0.39, 0.29) is 5.41 Å². The molecule has 2 aromatic heterocycles. The number of aromatic nitrogens is 2. The van der Waals surface area contributed by atoms with Crippen molar-refractivity contribution in [1.29, 1.82) is 0 Å². The van der Waals surface area contributed by atoms with Gasteiger partial charge in [0.15, 0.2) is 0 Å². The molecule has 4 aromatic carbocycles. The molecule has 5 heteroatoms. The Bertz CT molecular complexity index is 2050. The van der Waals surface area contributed by atoms with Gasteiger partial charge in [-0.25, -0.2) is 0 Å². The number of rotatable bonds is 1. The standard InChI is InChI=1S/C35H31N3OP/c1-35(2,3)22-13-16-31-29(19-22)38(23-9-6-5-7-10-23)28-12-8-11-24-26-20-39-30-15-14-25-33(32(26)30)40(31,21-27(24)28)37-18-17-36(4)34(25)37/h5-20,40H,21H2,1-4H3/q+1. The summed E-state index contributed by atoms with van der Waals surface area (Å²) in [5.41, 5.74) is 11.4. The average Bonchev–Trinajstić information content (AvgIpc) is 3.57. The summed E-state index contributed by atoms with van der Waals surface area (Å²) in [6.45, 7) is 6.95. The first-order valence-electron chi connectivity index (χ1n) is 14.1. The van der Waals surface area contributed by atoms with E-state index in [4.69, 9.17) is 4.42 Å². The molecular weight excluding hydrogens is 509 g/mol. The fraction of sp³-hybridized carbons (Fsp3) is 0.171. The third-order valence-electron chi connectivity index (χ3n) is 9.49. The van der Waals surface area contributed by atoms with E-state index in [2.05, 4.69) is 133 Å². The van der Waals surface area contributed by atoms with Crippen molar-refractivity contribution in [3.05, 3.63) is 109 Å². The van der Waals surface area contributed by atoms with Gasteiger partial charge < -0.3 is 0 Å². The van der Waals surface area contributed by atoms with E-state index in [1.54, 1.807) is 0 Å². The van der Waals surface area contributed by atoms with Gasteiger partial charge in [0, 0.05) is 0 Å². The maximum atomic E-state index is 6.32. The second-order valence-corrected chi connectivity index (χ2v) is 16.2. The summed E-state index contributed by atoms with van der Waals surface area (Å²) in [7, 11) is -0.426. The minimum absolute atomic E-state index is 0.0315. The monoisotopic (exact) mass is 540 g/mol. The average molecular weight is 541 g/mol. The van der Waals surface area contributed by atoms with Gasteiger partial charge in [0.2, 0.25) is 0 Å². The first kappa shape index (κ1) is 22.7. The normalized spacial score (nSPS) is 16.4. The van der Waals surface area contributed by atoms with Crippen molar-refractivity contribution < 1.29 is 8.75 Å². The molecule has 0 fully saturated rings. The Morgan fingerprint density at radius 3 is 2.52 bits per heavy atom. The van der Waals surface area contributed by atoms with Crippen molar-refractivity contribution in [3.63, 3.8) is 0 Å². The molecule has 3 aliphatic rings. The Hall–Kier alpha value is -4.14. The van der Waals surface area contributed by atoms with Crippen LogP contribution in [0.3, 0.4) is 0 Å². The van der Waals surface area contributed by atoms with Gasteiger partial charge in [-0.1, -0.05) is 0 Å². The molecule has 40 heavy (non-hydrogen) atoms. The number of fused-ring (bicyclic) bond motifs is 4. The van der Waals surface area contributed by atoms with Crippen LogP contribution in [0.5, 0.6) is 0 Å². The van der Waals surface area contributed by atoms with Crippen molar-refractivity contribution in [2.45, 2.75) is 32.3 Å². The Morgan fingerprint density at radius 1 is 0.850 bits per heavy atom. The minimum atomic E-state index is -2.61. The van der Waals surface area contributed by atoms with Crippen LogP contribution in [-0.4, -0.2) is 4.57 Å². The Labute approximate surface area is 234 Å². The molecule has 0 radical (unpaired) electrons. The second-order valence-electron chi connectivity index (χ2n) is 12.6. The van der Waals surface area contributed by atoms with Crippen LogP contribution in [0.2, 0.25) is 0 Å². The Balaban J connectivity index is 1.54. The summed E-state index contributed by atoms with van der Waals surface area (Å²) in [5.74, 6) is 1.30. The molecule has 0 atom stereocenters. The summed E-state index contributed by atoms with van der Waals surface area (Å²) < 4.78 is 11.3. The summed E-state index contributed by atoms with van der Waals surface area (Å²) in [4.78, 5) is 2.54. The number of anilines is 3. The number of hydrogen-bond acceptors (Lipinski definition) is 2.